The van der Waals surface area contributed by atoms with Crippen LogP contribution in [-0.2, 0) is 0 Å². The standard InChI is InChI=1S/C27H33N3O2/c1-2-3-4-5-6-7-8-9-22-32-27-16-12-24(13-17-27)29-28-23-10-14-25(15-11-23)30-20-18-26(31)19-21-30/h10-21H,2-9,22H2,1H3. The zero-order valence-electron chi connectivity index (χ0n) is 19.0. The molecule has 2 aromatic carbocycles. The van der Waals surface area contributed by atoms with Crippen molar-refractivity contribution in [2.45, 2.75) is 58.3 Å². The molecule has 0 aliphatic rings. The minimum absolute atomic E-state index is 0.00347. The monoisotopic (exact) mass is 431 g/mol. The zero-order chi connectivity index (χ0) is 22.4. The van der Waals surface area contributed by atoms with Gasteiger partial charge in [-0.15, -0.1) is 0 Å². The largest absolute Gasteiger partial charge is 0.494 e. The molecule has 5 nitrogen and oxygen atoms in total. The van der Waals surface area contributed by atoms with Gasteiger partial charge >= 0.3 is 0 Å². The third kappa shape index (κ3) is 8.14. The van der Waals surface area contributed by atoms with Crippen LogP contribution in [0.1, 0.15) is 58.3 Å². The summed E-state index contributed by atoms with van der Waals surface area (Å²) >= 11 is 0. The number of hydrogen-bond donors (Lipinski definition) is 0. The number of rotatable bonds is 13. The van der Waals surface area contributed by atoms with E-state index in [2.05, 4.69) is 17.2 Å². The lowest BCUT2D eigenvalue weighted by atomic mass is 10.1. The SMILES string of the molecule is CCCCCCCCCCOc1ccc(N=Nc2ccc(-n3ccc(=O)cc3)cc2)cc1. The third-order valence-electron chi connectivity index (χ3n) is 5.33. The van der Waals surface area contributed by atoms with E-state index in [-0.39, 0.29) is 5.43 Å². The van der Waals surface area contributed by atoms with Crippen LogP contribution < -0.4 is 10.2 Å². The van der Waals surface area contributed by atoms with Crippen molar-refractivity contribution in [2.75, 3.05) is 6.61 Å². The van der Waals surface area contributed by atoms with Crippen molar-refractivity contribution in [1.82, 2.24) is 4.57 Å². The molecule has 3 rings (SSSR count). The van der Waals surface area contributed by atoms with E-state index >= 15 is 0 Å². The topological polar surface area (TPSA) is 56.0 Å². The van der Waals surface area contributed by atoms with Crippen LogP contribution in [-0.4, -0.2) is 11.2 Å². The molecule has 5 heteroatoms. The lowest BCUT2D eigenvalue weighted by Gasteiger charge is -2.06. The Kier molecular flexibility index (Phi) is 9.72. The highest BCUT2D eigenvalue weighted by Gasteiger charge is 1.98. The zero-order valence-corrected chi connectivity index (χ0v) is 19.0. The number of hydrogen-bond acceptors (Lipinski definition) is 4. The van der Waals surface area contributed by atoms with Gasteiger partial charge in [-0.25, -0.2) is 0 Å². The number of aromatic nitrogens is 1. The van der Waals surface area contributed by atoms with Crippen molar-refractivity contribution in [3.05, 3.63) is 83.3 Å². The van der Waals surface area contributed by atoms with Gasteiger partial charge in [0.15, 0.2) is 5.43 Å². The molecule has 3 aromatic rings. The highest BCUT2D eigenvalue weighted by Crippen LogP contribution is 2.22. The summed E-state index contributed by atoms with van der Waals surface area (Å²) in [6, 6.07) is 18.5. The molecule has 0 saturated carbocycles. The normalized spacial score (nSPS) is 11.2. The van der Waals surface area contributed by atoms with Crippen molar-refractivity contribution < 1.29 is 4.74 Å². The van der Waals surface area contributed by atoms with Gasteiger partial charge in [-0.2, -0.15) is 10.2 Å². The molecule has 0 radical (unpaired) electrons. The average molecular weight is 432 g/mol. The molecule has 0 amide bonds. The lowest BCUT2D eigenvalue weighted by Crippen LogP contribution is -2.01. The highest BCUT2D eigenvalue weighted by molar-refractivity contribution is 5.46. The molecular weight excluding hydrogens is 398 g/mol. The second kappa shape index (κ2) is 13.3. The second-order valence-electron chi connectivity index (χ2n) is 7.97. The van der Waals surface area contributed by atoms with E-state index in [1.165, 1.54) is 57.1 Å². The van der Waals surface area contributed by atoms with E-state index in [4.69, 9.17) is 4.74 Å². The molecule has 0 aliphatic carbocycles. The summed E-state index contributed by atoms with van der Waals surface area (Å²) in [4.78, 5) is 11.2. The summed E-state index contributed by atoms with van der Waals surface area (Å²) < 4.78 is 7.72. The van der Waals surface area contributed by atoms with Gasteiger partial charge in [-0.05, 0) is 55.0 Å². The Morgan fingerprint density at radius 1 is 0.688 bits per heavy atom. The van der Waals surface area contributed by atoms with Crippen molar-refractivity contribution in [3.8, 4) is 11.4 Å². The number of azo groups is 1. The summed E-state index contributed by atoms with van der Waals surface area (Å²) in [7, 11) is 0. The van der Waals surface area contributed by atoms with Crippen LogP contribution in [0.25, 0.3) is 5.69 Å². The summed E-state index contributed by atoms with van der Waals surface area (Å²) in [5.41, 5.74) is 2.51. The molecule has 0 N–H and O–H groups in total. The van der Waals surface area contributed by atoms with E-state index in [0.29, 0.717) is 0 Å². The third-order valence-corrected chi connectivity index (χ3v) is 5.33. The van der Waals surface area contributed by atoms with Crippen LogP contribution in [0, 0.1) is 0 Å². The maximum atomic E-state index is 11.2. The number of unbranched alkanes of at least 4 members (excludes halogenated alkanes) is 7. The van der Waals surface area contributed by atoms with Gasteiger partial charge in [-0.1, -0.05) is 51.9 Å². The van der Waals surface area contributed by atoms with E-state index in [0.717, 1.165) is 35.8 Å². The van der Waals surface area contributed by atoms with Gasteiger partial charge < -0.3 is 9.30 Å². The van der Waals surface area contributed by atoms with Gasteiger partial charge in [-0.3, -0.25) is 4.79 Å². The molecule has 32 heavy (non-hydrogen) atoms. The lowest BCUT2D eigenvalue weighted by molar-refractivity contribution is 0.304. The quantitative estimate of drug-likeness (QED) is 0.205. The Bertz CT molecular complexity index is 988. The maximum Gasteiger partial charge on any atom is 0.181 e. The molecule has 0 aliphatic heterocycles. The molecule has 168 valence electrons. The molecule has 0 spiro atoms. The Morgan fingerprint density at radius 3 is 1.81 bits per heavy atom. The Hall–Kier alpha value is -3.21. The van der Waals surface area contributed by atoms with E-state index in [1.54, 1.807) is 12.4 Å². The van der Waals surface area contributed by atoms with Gasteiger partial charge in [0.05, 0.1) is 18.0 Å². The number of ether oxygens (including phenoxy) is 1. The minimum atomic E-state index is -0.00347. The fourth-order valence-corrected chi connectivity index (χ4v) is 3.43. The fourth-order valence-electron chi connectivity index (χ4n) is 3.43. The van der Waals surface area contributed by atoms with Crippen molar-refractivity contribution >= 4 is 11.4 Å². The first-order valence-corrected chi connectivity index (χ1v) is 11.7. The van der Waals surface area contributed by atoms with Gasteiger partial charge in [0.2, 0.25) is 0 Å². The summed E-state index contributed by atoms with van der Waals surface area (Å²) in [5, 5.41) is 8.61. The fraction of sp³-hybridized carbons (Fsp3) is 0.370. The Balaban J connectivity index is 1.39. The van der Waals surface area contributed by atoms with E-state index in [1.807, 2.05) is 53.1 Å². The second-order valence-corrected chi connectivity index (χ2v) is 7.97. The van der Waals surface area contributed by atoms with Crippen LogP contribution in [0.4, 0.5) is 11.4 Å². The van der Waals surface area contributed by atoms with E-state index in [9.17, 15) is 4.79 Å². The van der Waals surface area contributed by atoms with Crippen LogP contribution in [0.3, 0.4) is 0 Å². The first-order chi connectivity index (χ1) is 15.7. The van der Waals surface area contributed by atoms with Crippen LogP contribution in [0.5, 0.6) is 5.75 Å². The maximum absolute atomic E-state index is 11.2. The molecule has 0 saturated heterocycles. The smallest absolute Gasteiger partial charge is 0.181 e. The van der Waals surface area contributed by atoms with Crippen molar-refractivity contribution in [3.63, 3.8) is 0 Å². The summed E-state index contributed by atoms with van der Waals surface area (Å²) in [5.74, 6) is 0.873. The predicted molar refractivity (Wildman–Crippen MR) is 131 cm³/mol. The Labute approximate surface area is 190 Å². The molecule has 0 unspecified atom stereocenters. The molecule has 0 bridgehead atoms. The first kappa shape index (κ1) is 23.5. The van der Waals surface area contributed by atoms with Gasteiger partial charge in [0.1, 0.15) is 5.75 Å². The first-order valence-electron chi connectivity index (χ1n) is 11.7. The molecule has 0 atom stereocenters. The molecule has 1 aromatic heterocycles. The van der Waals surface area contributed by atoms with Crippen LogP contribution >= 0.6 is 0 Å². The van der Waals surface area contributed by atoms with Crippen molar-refractivity contribution in [1.29, 1.82) is 0 Å². The molecular formula is C27H33N3O2. The summed E-state index contributed by atoms with van der Waals surface area (Å²) in [6.07, 6.45) is 13.9. The van der Waals surface area contributed by atoms with Crippen LogP contribution in [0.15, 0.2) is 88.1 Å². The highest BCUT2D eigenvalue weighted by atomic mass is 16.5. The van der Waals surface area contributed by atoms with Crippen LogP contribution in [0.2, 0.25) is 0 Å². The van der Waals surface area contributed by atoms with E-state index < -0.39 is 0 Å². The van der Waals surface area contributed by atoms with Gasteiger partial charge in [0, 0.05) is 30.2 Å². The number of pyridine rings is 1. The predicted octanol–water partition coefficient (Wildman–Crippen LogP) is 7.77. The Morgan fingerprint density at radius 2 is 1.22 bits per heavy atom. The van der Waals surface area contributed by atoms with Gasteiger partial charge in [0.25, 0.3) is 0 Å². The molecule has 1 heterocycles. The average Bonchev–Trinajstić information content (AvgIpc) is 2.83. The summed E-state index contributed by atoms with van der Waals surface area (Å²) in [6.45, 7) is 3.02. The number of nitrogens with zero attached hydrogens (tertiary/aromatic N) is 3. The molecule has 0 fully saturated rings. The minimum Gasteiger partial charge on any atom is -0.494 e. The van der Waals surface area contributed by atoms with Crippen molar-refractivity contribution in [2.24, 2.45) is 10.2 Å². The number of benzene rings is 2.